The zero-order valence-corrected chi connectivity index (χ0v) is 9.50. The zero-order valence-electron chi connectivity index (χ0n) is 9.50. The third kappa shape index (κ3) is 4.01. The lowest BCUT2D eigenvalue weighted by molar-refractivity contribution is -0.118. The van der Waals surface area contributed by atoms with Gasteiger partial charge in [0.25, 0.3) is 0 Å². The lowest BCUT2D eigenvalue weighted by Gasteiger charge is -1.98. The number of nitrogen functional groups attached to an aromatic ring is 1. The van der Waals surface area contributed by atoms with Crippen LogP contribution in [-0.2, 0) is 4.79 Å². The highest BCUT2D eigenvalue weighted by atomic mass is 16.1. The number of hydrogen-bond acceptors (Lipinski definition) is 3. The van der Waals surface area contributed by atoms with Gasteiger partial charge in [-0.05, 0) is 24.5 Å². The zero-order chi connectivity index (χ0) is 12.0. The number of nitrogens with two attached hydrogens (primary N) is 1. The highest BCUT2D eigenvalue weighted by Gasteiger charge is 1.94. The lowest BCUT2D eigenvalue weighted by Crippen LogP contribution is -2.20. The van der Waals surface area contributed by atoms with E-state index in [4.69, 9.17) is 5.73 Å². The Morgan fingerprint density at radius 2 is 2.38 bits per heavy atom. The van der Waals surface area contributed by atoms with E-state index in [9.17, 15) is 4.79 Å². The molecule has 1 rings (SSSR count). The monoisotopic (exact) mass is 217 g/mol. The van der Waals surface area contributed by atoms with Crippen LogP contribution in [-0.4, -0.2) is 17.4 Å². The molecule has 0 saturated heterocycles. The van der Waals surface area contributed by atoms with E-state index in [0.29, 0.717) is 24.3 Å². The molecule has 1 amide bonds. The Bertz CT molecular complexity index is 443. The number of anilines is 1. The molecule has 0 saturated carbocycles. The van der Waals surface area contributed by atoms with Crippen molar-refractivity contribution in [3.8, 4) is 11.8 Å². The van der Waals surface area contributed by atoms with Crippen molar-refractivity contribution in [2.24, 2.45) is 0 Å². The molecule has 4 nitrogen and oxygen atoms in total. The summed E-state index contributed by atoms with van der Waals surface area (Å²) in [5.41, 5.74) is 7.99. The minimum absolute atomic E-state index is 0.0387. The first-order chi connectivity index (χ1) is 7.59. The second kappa shape index (κ2) is 5.76. The van der Waals surface area contributed by atoms with Crippen LogP contribution in [0.15, 0.2) is 12.3 Å². The molecule has 16 heavy (non-hydrogen) atoms. The van der Waals surface area contributed by atoms with Crippen molar-refractivity contribution in [1.82, 2.24) is 10.3 Å². The van der Waals surface area contributed by atoms with Crippen LogP contribution in [0.3, 0.4) is 0 Å². The van der Waals surface area contributed by atoms with Crippen LogP contribution in [0.1, 0.15) is 24.6 Å². The molecule has 4 heteroatoms. The third-order valence-electron chi connectivity index (χ3n) is 1.99. The molecular weight excluding hydrogens is 202 g/mol. The maximum atomic E-state index is 10.6. The Hall–Kier alpha value is -2.02. The van der Waals surface area contributed by atoms with Gasteiger partial charge in [0.1, 0.15) is 5.69 Å². The summed E-state index contributed by atoms with van der Waals surface area (Å²) in [4.78, 5) is 14.7. The normalized spacial score (nSPS) is 9.12. The Balaban J connectivity index is 2.50. The number of rotatable bonds is 2. The molecule has 0 unspecified atom stereocenters. The maximum absolute atomic E-state index is 10.6. The summed E-state index contributed by atoms with van der Waals surface area (Å²) in [5.74, 6) is 5.82. The Labute approximate surface area is 95.3 Å². The largest absolute Gasteiger partial charge is 0.397 e. The number of carbonyl (C=O) groups is 1. The summed E-state index contributed by atoms with van der Waals surface area (Å²) < 4.78 is 0. The fourth-order valence-electron chi connectivity index (χ4n) is 1.09. The predicted octanol–water partition coefficient (Wildman–Crippen LogP) is 0.850. The van der Waals surface area contributed by atoms with Crippen LogP contribution in [0.4, 0.5) is 5.69 Å². The predicted molar refractivity (Wildman–Crippen MR) is 63.6 cm³/mol. The van der Waals surface area contributed by atoms with E-state index >= 15 is 0 Å². The molecule has 1 aromatic heterocycles. The first-order valence-electron chi connectivity index (χ1n) is 5.05. The lowest BCUT2D eigenvalue weighted by atomic mass is 10.2. The van der Waals surface area contributed by atoms with Gasteiger partial charge in [-0.3, -0.25) is 4.79 Å². The number of carbonyl (C=O) groups excluding carboxylic acids is 1. The van der Waals surface area contributed by atoms with Crippen molar-refractivity contribution in [2.75, 3.05) is 12.3 Å². The highest BCUT2D eigenvalue weighted by Crippen LogP contribution is 2.08. The van der Waals surface area contributed by atoms with Crippen LogP contribution >= 0.6 is 0 Å². The standard InChI is InChI=1S/C12H15N3O/c1-9-7-11(15-8-12(9)13)5-3-4-6-14-10(2)16/h7-8H,4,6,13H2,1-2H3,(H,14,16). The summed E-state index contributed by atoms with van der Waals surface area (Å²) in [6.07, 6.45) is 2.22. The van der Waals surface area contributed by atoms with Crippen molar-refractivity contribution in [3.05, 3.63) is 23.5 Å². The maximum Gasteiger partial charge on any atom is 0.216 e. The average Bonchev–Trinajstić information content (AvgIpc) is 2.22. The molecule has 0 aromatic carbocycles. The number of hydrogen-bond donors (Lipinski definition) is 2. The van der Waals surface area contributed by atoms with Crippen LogP contribution in [0.2, 0.25) is 0 Å². The quantitative estimate of drug-likeness (QED) is 0.570. The molecule has 84 valence electrons. The number of nitrogens with one attached hydrogen (secondary N) is 1. The summed E-state index contributed by atoms with van der Waals surface area (Å²) >= 11 is 0. The van der Waals surface area contributed by atoms with E-state index in [1.807, 2.05) is 13.0 Å². The molecule has 3 N–H and O–H groups in total. The molecule has 0 spiro atoms. The van der Waals surface area contributed by atoms with Gasteiger partial charge in [-0.25, -0.2) is 4.98 Å². The number of amides is 1. The Morgan fingerprint density at radius 1 is 1.62 bits per heavy atom. The summed E-state index contributed by atoms with van der Waals surface area (Å²) in [6.45, 7) is 3.97. The molecule has 0 fully saturated rings. The van der Waals surface area contributed by atoms with E-state index in [0.717, 1.165) is 5.56 Å². The second-order valence-electron chi connectivity index (χ2n) is 3.46. The van der Waals surface area contributed by atoms with Gasteiger partial charge in [-0.1, -0.05) is 5.92 Å². The number of nitrogens with zero attached hydrogens (tertiary/aromatic N) is 1. The van der Waals surface area contributed by atoms with Gasteiger partial charge in [0.2, 0.25) is 5.91 Å². The number of aryl methyl sites for hydroxylation is 1. The van der Waals surface area contributed by atoms with Crippen molar-refractivity contribution in [3.63, 3.8) is 0 Å². The topological polar surface area (TPSA) is 68.0 Å². The van der Waals surface area contributed by atoms with Crippen LogP contribution < -0.4 is 11.1 Å². The van der Waals surface area contributed by atoms with Gasteiger partial charge < -0.3 is 11.1 Å². The fraction of sp³-hybridized carbons (Fsp3) is 0.333. The molecule has 0 aliphatic carbocycles. The number of aromatic nitrogens is 1. The van der Waals surface area contributed by atoms with E-state index in [1.165, 1.54) is 6.92 Å². The van der Waals surface area contributed by atoms with Crippen LogP contribution in [0.5, 0.6) is 0 Å². The fourth-order valence-corrected chi connectivity index (χ4v) is 1.09. The van der Waals surface area contributed by atoms with Gasteiger partial charge in [-0.2, -0.15) is 0 Å². The van der Waals surface area contributed by atoms with E-state index in [2.05, 4.69) is 22.1 Å². The third-order valence-corrected chi connectivity index (χ3v) is 1.99. The average molecular weight is 217 g/mol. The SMILES string of the molecule is CC(=O)NCCC#Cc1cc(C)c(N)cn1. The first kappa shape index (κ1) is 12.1. The van der Waals surface area contributed by atoms with Gasteiger partial charge in [0, 0.05) is 19.9 Å². The van der Waals surface area contributed by atoms with E-state index in [-0.39, 0.29) is 5.91 Å². The van der Waals surface area contributed by atoms with E-state index < -0.39 is 0 Å². The molecule has 0 aliphatic rings. The first-order valence-corrected chi connectivity index (χ1v) is 5.05. The van der Waals surface area contributed by atoms with Crippen molar-refractivity contribution in [2.45, 2.75) is 20.3 Å². The number of pyridine rings is 1. The van der Waals surface area contributed by atoms with Gasteiger partial charge in [0.05, 0.1) is 11.9 Å². The Kier molecular flexibility index (Phi) is 4.34. The highest BCUT2D eigenvalue weighted by molar-refractivity contribution is 5.72. The molecule has 1 aromatic rings. The van der Waals surface area contributed by atoms with Crippen molar-refractivity contribution in [1.29, 1.82) is 0 Å². The van der Waals surface area contributed by atoms with Crippen LogP contribution in [0.25, 0.3) is 0 Å². The van der Waals surface area contributed by atoms with Gasteiger partial charge >= 0.3 is 0 Å². The molecule has 1 heterocycles. The van der Waals surface area contributed by atoms with E-state index in [1.54, 1.807) is 6.20 Å². The Morgan fingerprint density at radius 3 is 3.00 bits per heavy atom. The minimum atomic E-state index is -0.0387. The summed E-state index contributed by atoms with van der Waals surface area (Å²) in [7, 11) is 0. The van der Waals surface area contributed by atoms with Crippen molar-refractivity contribution >= 4 is 11.6 Å². The molecular formula is C12H15N3O. The molecule has 0 radical (unpaired) electrons. The smallest absolute Gasteiger partial charge is 0.216 e. The molecule has 0 bridgehead atoms. The van der Waals surface area contributed by atoms with Crippen molar-refractivity contribution < 1.29 is 4.79 Å². The molecule has 0 aliphatic heterocycles. The summed E-state index contributed by atoms with van der Waals surface area (Å²) in [5, 5.41) is 2.67. The van der Waals surface area contributed by atoms with Gasteiger partial charge in [0.15, 0.2) is 0 Å². The van der Waals surface area contributed by atoms with Gasteiger partial charge in [-0.15, -0.1) is 0 Å². The minimum Gasteiger partial charge on any atom is -0.397 e. The summed E-state index contributed by atoms with van der Waals surface area (Å²) in [6, 6.07) is 1.85. The second-order valence-corrected chi connectivity index (χ2v) is 3.46. The molecule has 0 atom stereocenters. The van der Waals surface area contributed by atoms with Crippen LogP contribution in [0, 0.1) is 18.8 Å².